The van der Waals surface area contributed by atoms with Crippen LogP contribution in [0.4, 0.5) is 11.5 Å². The van der Waals surface area contributed by atoms with Crippen LogP contribution in [0.3, 0.4) is 0 Å². The molecular weight excluding hydrogens is 382 g/mol. The zero-order valence-electron chi connectivity index (χ0n) is 16.6. The van der Waals surface area contributed by atoms with Crippen molar-refractivity contribution < 1.29 is 14.3 Å². The Hall–Kier alpha value is -3.41. The molecule has 0 aliphatic carbocycles. The van der Waals surface area contributed by atoms with Gasteiger partial charge in [-0.25, -0.2) is 9.83 Å². The third-order valence-electron chi connectivity index (χ3n) is 5.86. The monoisotopic (exact) mass is 403 g/mol. The van der Waals surface area contributed by atoms with Crippen molar-refractivity contribution in [3.63, 3.8) is 0 Å². The Labute approximate surface area is 173 Å². The number of H-pyrrole nitrogens is 1. The van der Waals surface area contributed by atoms with Gasteiger partial charge >= 0.3 is 0 Å². The Kier molecular flexibility index (Phi) is 4.42. The van der Waals surface area contributed by atoms with Crippen LogP contribution < -0.4 is 5.73 Å². The molecular formula is C22H21N5O3. The van der Waals surface area contributed by atoms with E-state index in [1.165, 1.54) is 0 Å². The lowest BCUT2D eigenvalue weighted by Gasteiger charge is -2.35. The van der Waals surface area contributed by atoms with E-state index < -0.39 is 0 Å². The van der Waals surface area contributed by atoms with Crippen LogP contribution in [0.2, 0.25) is 0 Å². The molecule has 0 fully saturated rings. The number of fused-ring (bicyclic) bond motifs is 4. The summed E-state index contributed by atoms with van der Waals surface area (Å²) in [5.41, 5.74) is 12.4. The Morgan fingerprint density at radius 2 is 2.13 bits per heavy atom. The third-order valence-corrected chi connectivity index (χ3v) is 5.86. The Bertz CT molecular complexity index is 1210. The molecule has 8 nitrogen and oxygen atoms in total. The minimum absolute atomic E-state index is 0.127. The number of aromatic nitrogens is 2. The van der Waals surface area contributed by atoms with Gasteiger partial charge in [0.1, 0.15) is 11.5 Å². The number of benzene rings is 1. The van der Waals surface area contributed by atoms with Crippen LogP contribution in [-0.2, 0) is 29.3 Å². The summed E-state index contributed by atoms with van der Waals surface area (Å²) in [7, 11) is 0. The van der Waals surface area contributed by atoms with Gasteiger partial charge in [0.05, 0.1) is 50.1 Å². The summed E-state index contributed by atoms with van der Waals surface area (Å²) in [5.74, 6) is 0.322. The van der Waals surface area contributed by atoms with Crippen molar-refractivity contribution in [3.05, 3.63) is 63.6 Å². The number of hydrogen-bond donors (Lipinski definition) is 2. The average Bonchev–Trinajstić information content (AvgIpc) is 3.41. The standard InChI is InChI=1S/C22H21N5O3/c1-3-27(19-11-29-8-12-6-13(24-2)4-5-14(12)19)22(28)18-7-17-20(25-18)15-9-30-10-16(15)21(23)26-17/h4-7,19,25H,3,8-11H2,1H3,(H2,23,26)/t19-/m1/s1. The molecule has 3 aromatic rings. The number of amides is 1. The average molecular weight is 403 g/mol. The van der Waals surface area contributed by atoms with Crippen molar-refractivity contribution in [2.75, 3.05) is 18.9 Å². The summed E-state index contributed by atoms with van der Waals surface area (Å²) in [5, 5.41) is 0. The van der Waals surface area contributed by atoms with E-state index in [-0.39, 0.29) is 11.9 Å². The fraction of sp³-hybridized carbons (Fsp3) is 0.318. The van der Waals surface area contributed by atoms with Crippen LogP contribution in [-0.4, -0.2) is 33.9 Å². The SMILES string of the molecule is [C-]#[N+]c1ccc2c(c1)COC[C@H]2N(CC)C(=O)c1cc2nc(N)c3c(c2[nH]1)COC3. The Morgan fingerprint density at radius 3 is 2.93 bits per heavy atom. The lowest BCUT2D eigenvalue weighted by molar-refractivity contribution is 0.0283. The number of nitrogens with zero attached hydrogens (tertiary/aromatic N) is 3. The minimum Gasteiger partial charge on any atom is -0.383 e. The predicted octanol–water partition coefficient (Wildman–Crippen LogP) is 3.46. The first-order valence-corrected chi connectivity index (χ1v) is 9.87. The van der Waals surface area contributed by atoms with Gasteiger partial charge in [-0.1, -0.05) is 18.2 Å². The van der Waals surface area contributed by atoms with Gasteiger partial charge in [0.2, 0.25) is 0 Å². The van der Waals surface area contributed by atoms with Gasteiger partial charge in [-0.05, 0) is 24.1 Å². The number of nitrogens with two attached hydrogens (primary N) is 1. The van der Waals surface area contributed by atoms with Gasteiger partial charge in [-0.2, -0.15) is 0 Å². The molecule has 1 atom stereocenters. The maximum Gasteiger partial charge on any atom is 0.270 e. The molecule has 0 radical (unpaired) electrons. The number of carbonyl (C=O) groups excluding carboxylic acids is 1. The number of likely N-dealkylation sites (N-methyl/N-ethyl adjacent to an activating group) is 1. The van der Waals surface area contributed by atoms with Gasteiger partial charge in [0.25, 0.3) is 5.91 Å². The second-order valence-electron chi connectivity index (χ2n) is 7.51. The number of aromatic amines is 1. The van der Waals surface area contributed by atoms with E-state index in [1.54, 1.807) is 17.0 Å². The topological polar surface area (TPSA) is 97.8 Å². The second-order valence-corrected chi connectivity index (χ2v) is 7.51. The Balaban J connectivity index is 1.53. The molecule has 8 heteroatoms. The predicted molar refractivity (Wildman–Crippen MR) is 111 cm³/mol. The van der Waals surface area contributed by atoms with Gasteiger partial charge in [0.15, 0.2) is 5.69 Å². The van der Waals surface area contributed by atoms with Gasteiger partial charge in [-0.3, -0.25) is 4.79 Å². The van der Waals surface area contributed by atoms with E-state index in [0.717, 1.165) is 27.8 Å². The molecule has 2 aromatic heterocycles. The molecule has 0 spiro atoms. The smallest absolute Gasteiger partial charge is 0.270 e. The summed E-state index contributed by atoms with van der Waals surface area (Å²) >= 11 is 0. The number of nitrogens with one attached hydrogen (secondary N) is 1. The highest BCUT2D eigenvalue weighted by Gasteiger charge is 2.31. The summed E-state index contributed by atoms with van der Waals surface area (Å²) < 4.78 is 11.3. The van der Waals surface area contributed by atoms with E-state index in [2.05, 4.69) is 14.8 Å². The molecule has 4 heterocycles. The number of hydrogen-bond acceptors (Lipinski definition) is 5. The third kappa shape index (κ3) is 2.83. The van der Waals surface area contributed by atoms with Crippen molar-refractivity contribution in [3.8, 4) is 0 Å². The molecule has 152 valence electrons. The van der Waals surface area contributed by atoms with Crippen molar-refractivity contribution in [2.24, 2.45) is 0 Å². The molecule has 0 unspecified atom stereocenters. The number of ether oxygens (including phenoxy) is 2. The highest BCUT2D eigenvalue weighted by molar-refractivity contribution is 5.98. The van der Waals surface area contributed by atoms with Crippen LogP contribution in [0, 0.1) is 6.57 Å². The number of pyridine rings is 1. The fourth-order valence-corrected chi connectivity index (χ4v) is 4.36. The summed E-state index contributed by atoms with van der Waals surface area (Å²) in [6.07, 6.45) is 0. The van der Waals surface area contributed by atoms with Crippen molar-refractivity contribution in [1.82, 2.24) is 14.9 Å². The maximum atomic E-state index is 13.5. The number of anilines is 1. The van der Waals surface area contributed by atoms with E-state index in [4.69, 9.17) is 21.8 Å². The lowest BCUT2D eigenvalue weighted by Crippen LogP contribution is -2.39. The largest absolute Gasteiger partial charge is 0.383 e. The van der Waals surface area contributed by atoms with Crippen molar-refractivity contribution >= 4 is 28.4 Å². The van der Waals surface area contributed by atoms with Gasteiger partial charge in [-0.15, -0.1) is 0 Å². The quantitative estimate of drug-likeness (QED) is 0.653. The van der Waals surface area contributed by atoms with E-state index in [0.29, 0.717) is 55.7 Å². The first kappa shape index (κ1) is 18.6. The Morgan fingerprint density at radius 1 is 1.30 bits per heavy atom. The van der Waals surface area contributed by atoms with E-state index in [9.17, 15) is 4.79 Å². The van der Waals surface area contributed by atoms with Crippen LogP contribution in [0.1, 0.15) is 45.7 Å². The molecule has 2 aliphatic rings. The minimum atomic E-state index is -0.218. The zero-order chi connectivity index (χ0) is 20.8. The molecule has 3 N–H and O–H groups in total. The number of carbonyl (C=O) groups is 1. The summed E-state index contributed by atoms with van der Waals surface area (Å²) in [4.78, 5) is 26.4. The van der Waals surface area contributed by atoms with Gasteiger partial charge in [0, 0.05) is 17.7 Å². The van der Waals surface area contributed by atoms with E-state index in [1.807, 2.05) is 19.1 Å². The summed E-state index contributed by atoms with van der Waals surface area (Å²) in [6.45, 7) is 11.4. The normalized spacial score (nSPS) is 17.4. The van der Waals surface area contributed by atoms with E-state index >= 15 is 0 Å². The molecule has 5 rings (SSSR count). The zero-order valence-corrected chi connectivity index (χ0v) is 16.6. The number of nitrogen functional groups attached to an aromatic ring is 1. The van der Waals surface area contributed by atoms with Crippen LogP contribution >= 0.6 is 0 Å². The van der Waals surface area contributed by atoms with Crippen LogP contribution in [0.15, 0.2) is 24.3 Å². The molecule has 0 saturated heterocycles. The first-order chi connectivity index (χ1) is 14.6. The fourth-order valence-electron chi connectivity index (χ4n) is 4.36. The molecule has 1 aromatic carbocycles. The molecule has 30 heavy (non-hydrogen) atoms. The second kappa shape index (κ2) is 7.13. The first-order valence-electron chi connectivity index (χ1n) is 9.87. The molecule has 0 bridgehead atoms. The van der Waals surface area contributed by atoms with Crippen molar-refractivity contribution in [1.29, 1.82) is 0 Å². The summed E-state index contributed by atoms with van der Waals surface area (Å²) in [6, 6.07) is 7.10. The number of rotatable bonds is 3. The van der Waals surface area contributed by atoms with Crippen LogP contribution in [0.25, 0.3) is 15.9 Å². The van der Waals surface area contributed by atoms with Crippen molar-refractivity contribution in [2.45, 2.75) is 32.8 Å². The van der Waals surface area contributed by atoms with Crippen LogP contribution in [0.5, 0.6) is 0 Å². The molecule has 1 amide bonds. The highest BCUT2D eigenvalue weighted by atomic mass is 16.5. The molecule has 0 saturated carbocycles. The molecule has 2 aliphatic heterocycles. The van der Waals surface area contributed by atoms with Gasteiger partial charge < -0.3 is 25.1 Å². The highest BCUT2D eigenvalue weighted by Crippen LogP contribution is 2.34. The lowest BCUT2D eigenvalue weighted by atomic mass is 9.96. The maximum absolute atomic E-state index is 13.5.